The number of hydrogen-bond acceptors (Lipinski definition) is 3. The molecule has 21 heavy (non-hydrogen) atoms. The Morgan fingerprint density at radius 3 is 2.90 bits per heavy atom. The lowest BCUT2D eigenvalue weighted by atomic mass is 10.0. The molecule has 0 amide bonds. The van der Waals surface area contributed by atoms with Gasteiger partial charge in [-0.15, -0.1) is 22.9 Å². The van der Waals surface area contributed by atoms with Crippen molar-refractivity contribution >= 4 is 22.9 Å². The fraction of sp³-hybridized carbons (Fsp3) is 0.471. The molecular formula is C17H21ClN2S. The smallest absolute Gasteiger partial charge is 0.123 e. The van der Waals surface area contributed by atoms with E-state index in [-0.39, 0.29) is 0 Å². The molecule has 2 heterocycles. The predicted molar refractivity (Wildman–Crippen MR) is 91.0 cm³/mol. The fourth-order valence-electron chi connectivity index (χ4n) is 2.95. The first-order valence-electron chi connectivity index (χ1n) is 7.51. The van der Waals surface area contributed by atoms with E-state index in [1.165, 1.54) is 36.1 Å². The van der Waals surface area contributed by atoms with Gasteiger partial charge in [-0.3, -0.25) is 4.90 Å². The maximum Gasteiger partial charge on any atom is 0.123 e. The summed E-state index contributed by atoms with van der Waals surface area (Å²) in [5.41, 5.74) is 4.95. The van der Waals surface area contributed by atoms with Crippen molar-refractivity contribution in [1.29, 1.82) is 0 Å². The number of thiazole rings is 1. The molecule has 1 saturated heterocycles. The zero-order valence-electron chi connectivity index (χ0n) is 12.6. The molecule has 112 valence electrons. The molecule has 1 fully saturated rings. The van der Waals surface area contributed by atoms with Crippen molar-refractivity contribution < 1.29 is 0 Å². The summed E-state index contributed by atoms with van der Waals surface area (Å²) in [5.74, 6) is 0.487. The van der Waals surface area contributed by atoms with E-state index in [4.69, 9.17) is 11.6 Å². The van der Waals surface area contributed by atoms with Crippen molar-refractivity contribution in [2.75, 3.05) is 6.54 Å². The summed E-state index contributed by atoms with van der Waals surface area (Å²) in [6, 6.07) is 7.43. The summed E-state index contributed by atoms with van der Waals surface area (Å²) in [5, 5.41) is 3.10. The van der Waals surface area contributed by atoms with Gasteiger partial charge in [0.1, 0.15) is 5.01 Å². The van der Waals surface area contributed by atoms with Crippen molar-refractivity contribution in [1.82, 2.24) is 9.88 Å². The van der Waals surface area contributed by atoms with Crippen LogP contribution in [0.4, 0.5) is 0 Å². The average molecular weight is 321 g/mol. The highest BCUT2D eigenvalue weighted by Crippen LogP contribution is 2.28. The Morgan fingerprint density at radius 2 is 2.29 bits per heavy atom. The molecule has 0 N–H and O–H groups in total. The third-order valence-corrected chi connectivity index (χ3v) is 5.56. The second-order valence-corrected chi connectivity index (χ2v) is 7.01. The molecule has 1 aliphatic heterocycles. The van der Waals surface area contributed by atoms with E-state index in [9.17, 15) is 0 Å². The summed E-state index contributed by atoms with van der Waals surface area (Å²) in [6.45, 7) is 6.83. The van der Waals surface area contributed by atoms with Crippen LogP contribution in [0.25, 0.3) is 10.6 Å². The number of aryl methyl sites for hydroxylation is 1. The molecule has 2 nitrogen and oxygen atoms in total. The molecule has 1 aliphatic rings. The molecule has 0 spiro atoms. The Labute approximate surface area is 135 Å². The van der Waals surface area contributed by atoms with E-state index in [1.807, 2.05) is 5.38 Å². The molecule has 1 aromatic carbocycles. The van der Waals surface area contributed by atoms with Crippen molar-refractivity contribution in [2.45, 2.75) is 45.2 Å². The summed E-state index contributed by atoms with van der Waals surface area (Å²) < 4.78 is 0. The number of likely N-dealkylation sites (tertiary alicyclic amines) is 1. The maximum absolute atomic E-state index is 5.83. The Bertz CT molecular complexity index is 623. The lowest BCUT2D eigenvalue weighted by molar-refractivity contribution is 0.260. The van der Waals surface area contributed by atoms with Gasteiger partial charge in [0.15, 0.2) is 0 Å². The number of rotatable bonds is 4. The molecule has 0 saturated carbocycles. The van der Waals surface area contributed by atoms with E-state index >= 15 is 0 Å². The minimum Gasteiger partial charge on any atom is -0.296 e. The Balaban J connectivity index is 1.79. The number of benzene rings is 1. The number of hydrogen-bond donors (Lipinski definition) is 0. The summed E-state index contributed by atoms with van der Waals surface area (Å²) in [6.07, 6.45) is 2.66. The van der Waals surface area contributed by atoms with Crippen molar-refractivity contribution in [2.24, 2.45) is 0 Å². The summed E-state index contributed by atoms with van der Waals surface area (Å²) in [7, 11) is 0. The SMILES string of the molecule is Cc1cc(-c2nc(CCl)cs2)ccc1CN1CCCC1C. The lowest BCUT2D eigenvalue weighted by Crippen LogP contribution is -2.26. The van der Waals surface area contributed by atoms with Gasteiger partial charge in [0.25, 0.3) is 0 Å². The van der Waals surface area contributed by atoms with Gasteiger partial charge in [0.05, 0.1) is 11.6 Å². The van der Waals surface area contributed by atoms with Crippen LogP contribution in [-0.2, 0) is 12.4 Å². The minimum absolute atomic E-state index is 0.487. The largest absolute Gasteiger partial charge is 0.296 e. The second-order valence-electron chi connectivity index (χ2n) is 5.88. The molecule has 2 aromatic rings. The summed E-state index contributed by atoms with van der Waals surface area (Å²) >= 11 is 7.50. The van der Waals surface area contributed by atoms with Gasteiger partial charge in [0, 0.05) is 23.5 Å². The molecule has 0 bridgehead atoms. The first-order valence-corrected chi connectivity index (χ1v) is 8.93. The van der Waals surface area contributed by atoms with Crippen LogP contribution in [0.15, 0.2) is 23.6 Å². The summed E-state index contributed by atoms with van der Waals surface area (Å²) in [4.78, 5) is 7.14. The average Bonchev–Trinajstić information content (AvgIpc) is 3.10. The van der Waals surface area contributed by atoms with Crippen LogP contribution in [-0.4, -0.2) is 22.5 Å². The fourth-order valence-corrected chi connectivity index (χ4v) is 4.00. The highest BCUT2D eigenvalue weighted by molar-refractivity contribution is 7.13. The van der Waals surface area contributed by atoms with Gasteiger partial charge >= 0.3 is 0 Å². The first kappa shape index (κ1) is 15.0. The third kappa shape index (κ3) is 3.31. The molecule has 0 radical (unpaired) electrons. The number of halogens is 1. The zero-order chi connectivity index (χ0) is 14.8. The van der Waals surface area contributed by atoms with E-state index in [1.54, 1.807) is 11.3 Å². The van der Waals surface area contributed by atoms with Crippen LogP contribution in [0.3, 0.4) is 0 Å². The highest BCUT2D eigenvalue weighted by atomic mass is 35.5. The van der Waals surface area contributed by atoms with Gasteiger partial charge in [0.2, 0.25) is 0 Å². The molecule has 0 aliphatic carbocycles. The standard InChI is InChI=1S/C17H21ClN2S/c1-12-8-14(17-19-16(9-18)11-21-17)5-6-15(12)10-20-7-3-4-13(20)2/h5-6,8,11,13H,3-4,7,9-10H2,1-2H3. The first-order chi connectivity index (χ1) is 10.2. The van der Waals surface area contributed by atoms with Crippen LogP contribution in [0.5, 0.6) is 0 Å². The van der Waals surface area contributed by atoms with Crippen LogP contribution < -0.4 is 0 Å². The van der Waals surface area contributed by atoms with Crippen LogP contribution in [0.2, 0.25) is 0 Å². The van der Waals surface area contributed by atoms with E-state index in [2.05, 4.69) is 41.9 Å². The van der Waals surface area contributed by atoms with Crippen molar-refractivity contribution in [3.63, 3.8) is 0 Å². The van der Waals surface area contributed by atoms with Crippen LogP contribution in [0, 0.1) is 6.92 Å². The predicted octanol–water partition coefficient (Wildman–Crippen LogP) is 4.84. The number of aromatic nitrogens is 1. The number of nitrogens with zero attached hydrogens (tertiary/aromatic N) is 2. The monoisotopic (exact) mass is 320 g/mol. The maximum atomic E-state index is 5.83. The van der Waals surface area contributed by atoms with Crippen LogP contribution >= 0.6 is 22.9 Å². The Kier molecular flexibility index (Phi) is 4.63. The second kappa shape index (κ2) is 6.47. The molecule has 1 atom stereocenters. The molecule has 1 aromatic heterocycles. The van der Waals surface area contributed by atoms with Gasteiger partial charge in [-0.05, 0) is 50.4 Å². The molecular weight excluding hydrogens is 300 g/mol. The van der Waals surface area contributed by atoms with E-state index in [0.717, 1.165) is 17.2 Å². The molecule has 3 rings (SSSR count). The van der Waals surface area contributed by atoms with E-state index in [0.29, 0.717) is 11.9 Å². The van der Waals surface area contributed by atoms with Gasteiger partial charge in [-0.1, -0.05) is 12.1 Å². The minimum atomic E-state index is 0.487. The van der Waals surface area contributed by atoms with Crippen molar-refractivity contribution in [3.8, 4) is 10.6 Å². The lowest BCUT2D eigenvalue weighted by Gasteiger charge is -2.22. The third-order valence-electron chi connectivity index (χ3n) is 4.34. The van der Waals surface area contributed by atoms with Gasteiger partial charge in [-0.2, -0.15) is 0 Å². The quantitative estimate of drug-likeness (QED) is 0.749. The normalized spacial score (nSPS) is 19.3. The molecule has 1 unspecified atom stereocenters. The Hall–Kier alpha value is -0.900. The van der Waals surface area contributed by atoms with Crippen molar-refractivity contribution in [3.05, 3.63) is 40.4 Å². The van der Waals surface area contributed by atoms with Gasteiger partial charge in [-0.25, -0.2) is 4.98 Å². The highest BCUT2D eigenvalue weighted by Gasteiger charge is 2.20. The van der Waals surface area contributed by atoms with Crippen LogP contribution in [0.1, 0.15) is 36.6 Å². The van der Waals surface area contributed by atoms with E-state index < -0.39 is 0 Å². The zero-order valence-corrected chi connectivity index (χ0v) is 14.2. The van der Waals surface area contributed by atoms with Gasteiger partial charge < -0.3 is 0 Å². The Morgan fingerprint density at radius 1 is 1.43 bits per heavy atom. The number of alkyl halides is 1. The molecule has 4 heteroatoms. The topological polar surface area (TPSA) is 16.1 Å².